The number of rotatable bonds is 11. The van der Waals surface area contributed by atoms with Crippen LogP contribution in [0.4, 0.5) is 34.1 Å². The Hall–Kier alpha value is -6.65. The van der Waals surface area contributed by atoms with Gasteiger partial charge in [-0.1, -0.05) is 12.1 Å². The first kappa shape index (κ1) is 42.0. The third kappa shape index (κ3) is 9.08. The topological polar surface area (TPSA) is 359 Å². The molecule has 0 aliphatic heterocycles. The number of hydrogen-bond acceptors (Lipinski definition) is 16. The van der Waals surface area contributed by atoms with Crippen molar-refractivity contribution in [3.05, 3.63) is 113 Å². The first-order valence-corrected chi connectivity index (χ1v) is 21.5. The van der Waals surface area contributed by atoms with Crippen LogP contribution in [0.15, 0.2) is 137 Å². The van der Waals surface area contributed by atoms with Crippen LogP contribution >= 0.6 is 0 Å². The Morgan fingerprint density at radius 1 is 0.610 bits per heavy atom. The molecule has 22 nitrogen and oxygen atoms in total. The molecule has 59 heavy (non-hydrogen) atoms. The number of aromatic hydroxyl groups is 1. The van der Waals surface area contributed by atoms with Crippen molar-refractivity contribution in [3.63, 3.8) is 0 Å². The molecule has 26 heteroatoms. The lowest BCUT2D eigenvalue weighted by atomic mass is 10.1. The Morgan fingerprint density at radius 3 is 1.80 bits per heavy atom. The van der Waals surface area contributed by atoms with E-state index in [1.165, 1.54) is 42.5 Å². The number of azo groups is 2. The van der Waals surface area contributed by atoms with E-state index < -0.39 is 104 Å². The average molecular weight is 887 g/mol. The molecule has 0 saturated heterocycles. The van der Waals surface area contributed by atoms with Gasteiger partial charge in [0, 0.05) is 33.9 Å². The lowest BCUT2D eigenvalue weighted by molar-refractivity contribution is -0.384. The summed E-state index contributed by atoms with van der Waals surface area (Å²) in [5, 5.41) is 39.5. The molecular formula is C33H22N6O16S4. The van der Waals surface area contributed by atoms with Gasteiger partial charge in [-0.15, -0.1) is 15.3 Å². The van der Waals surface area contributed by atoms with Gasteiger partial charge in [-0.2, -0.15) is 38.8 Å². The molecule has 0 aromatic heterocycles. The number of carbonyl (C=O) groups excluding carboxylic acids is 1. The van der Waals surface area contributed by atoms with Crippen molar-refractivity contribution in [2.24, 2.45) is 20.5 Å². The molecule has 0 fully saturated rings. The number of anilines is 1. The minimum absolute atomic E-state index is 0.0588. The fraction of sp³-hybridized carbons (Fsp3) is 0. The molecule has 0 saturated carbocycles. The van der Waals surface area contributed by atoms with E-state index in [-0.39, 0.29) is 33.5 Å². The number of hydrogen-bond donors (Lipinski definition) is 6. The van der Waals surface area contributed by atoms with Crippen LogP contribution in [0.2, 0.25) is 0 Å². The zero-order chi connectivity index (χ0) is 43.2. The molecule has 0 aliphatic carbocycles. The van der Waals surface area contributed by atoms with E-state index in [0.717, 1.165) is 36.4 Å². The number of nitrogens with one attached hydrogen (secondary N) is 1. The van der Waals surface area contributed by atoms with Gasteiger partial charge in [0.05, 0.1) is 42.4 Å². The van der Waals surface area contributed by atoms with E-state index in [4.69, 9.17) is 0 Å². The molecule has 0 aliphatic rings. The predicted octanol–water partition coefficient (Wildman–Crippen LogP) is 6.68. The Labute approximate surface area is 331 Å². The third-order valence-corrected chi connectivity index (χ3v) is 11.6. The highest BCUT2D eigenvalue weighted by Crippen LogP contribution is 2.46. The summed E-state index contributed by atoms with van der Waals surface area (Å²) in [5.74, 6) is -2.34. The summed E-state index contributed by atoms with van der Waals surface area (Å²) in [5.41, 5.74) is -2.34. The molecule has 0 spiro atoms. The van der Waals surface area contributed by atoms with Crippen molar-refractivity contribution in [2.45, 2.75) is 19.6 Å². The second-order valence-electron chi connectivity index (χ2n) is 12.0. The smallest absolute Gasteiger partial charge is 0.296 e. The van der Waals surface area contributed by atoms with Crippen LogP contribution in [0, 0.1) is 10.1 Å². The molecular weight excluding hydrogens is 865 g/mol. The fourth-order valence-electron chi connectivity index (χ4n) is 5.48. The maximum atomic E-state index is 13.3. The van der Waals surface area contributed by atoms with Gasteiger partial charge < -0.3 is 10.4 Å². The molecule has 0 bridgehead atoms. The number of amides is 1. The normalized spacial score (nSPS) is 12.7. The highest BCUT2D eigenvalue weighted by atomic mass is 32.2. The number of non-ortho nitro benzene ring substituents is 1. The van der Waals surface area contributed by atoms with Gasteiger partial charge in [0.1, 0.15) is 10.6 Å². The zero-order valence-corrected chi connectivity index (χ0v) is 32.1. The number of phenols is 1. The summed E-state index contributed by atoms with van der Waals surface area (Å²) in [7, 11) is -20.2. The van der Waals surface area contributed by atoms with Crippen molar-refractivity contribution in [2.75, 3.05) is 5.32 Å². The molecule has 304 valence electrons. The van der Waals surface area contributed by atoms with Crippen molar-refractivity contribution in [1.29, 1.82) is 0 Å². The average Bonchev–Trinajstić information content (AvgIpc) is 3.15. The Morgan fingerprint density at radius 2 is 1.20 bits per heavy atom. The zero-order valence-electron chi connectivity index (χ0n) is 28.8. The Balaban J connectivity index is 1.54. The minimum atomic E-state index is -5.39. The van der Waals surface area contributed by atoms with Gasteiger partial charge in [-0.3, -0.25) is 33.1 Å². The minimum Gasteiger partial charge on any atom is -0.505 e. The van der Waals surface area contributed by atoms with Gasteiger partial charge >= 0.3 is 0 Å². The lowest BCUT2D eigenvalue weighted by Gasteiger charge is -2.15. The largest absolute Gasteiger partial charge is 0.505 e. The summed E-state index contributed by atoms with van der Waals surface area (Å²) in [6, 6.07) is 16.4. The second kappa shape index (κ2) is 15.3. The first-order valence-electron chi connectivity index (χ1n) is 15.7. The summed E-state index contributed by atoms with van der Waals surface area (Å²) in [6.45, 7) is 0. The quantitative estimate of drug-likeness (QED) is 0.0342. The standard InChI is InChI=1S/C33H22N6O16S4/c40-32-30-18(13-23(58(50,51)52)16-28(30)34-33(41)17-2-1-3-21(12-17)56(44,45)46)14-29(59(53,54)55)31(32)38-37-27-11-10-26(24-9-8-22(15-25(24)27)57(47,48)49)36-35-19-4-6-20(7-5-19)39(42)43/h1-16,40H,(H,34,41)(H,44,45,46)(H,47,48,49)(H,50,51,52)(H,53,54,55). The highest BCUT2D eigenvalue weighted by molar-refractivity contribution is 7.86. The summed E-state index contributed by atoms with van der Waals surface area (Å²) in [6.07, 6.45) is 0. The summed E-state index contributed by atoms with van der Waals surface area (Å²) >= 11 is 0. The molecule has 6 N–H and O–H groups in total. The summed E-state index contributed by atoms with van der Waals surface area (Å²) < 4.78 is 136. The number of benzene rings is 6. The number of phenolic OH excluding ortho intramolecular Hbond substituents is 1. The molecule has 6 rings (SSSR count). The van der Waals surface area contributed by atoms with Gasteiger partial charge in [0.15, 0.2) is 5.75 Å². The van der Waals surface area contributed by atoms with E-state index in [9.17, 15) is 71.9 Å². The number of nitro benzene ring substituents is 1. The third-order valence-electron chi connectivity index (χ3n) is 8.17. The lowest BCUT2D eigenvalue weighted by Crippen LogP contribution is -2.14. The maximum Gasteiger partial charge on any atom is 0.296 e. The number of carbonyl (C=O) groups is 1. The van der Waals surface area contributed by atoms with Crippen LogP contribution in [-0.4, -0.2) is 67.8 Å². The van der Waals surface area contributed by atoms with E-state index in [0.29, 0.717) is 18.2 Å². The van der Waals surface area contributed by atoms with E-state index >= 15 is 0 Å². The first-order chi connectivity index (χ1) is 27.4. The molecule has 6 aromatic carbocycles. The van der Waals surface area contributed by atoms with E-state index in [1.54, 1.807) is 0 Å². The van der Waals surface area contributed by atoms with Gasteiger partial charge in [0.2, 0.25) is 0 Å². The van der Waals surface area contributed by atoms with Crippen LogP contribution in [0.25, 0.3) is 21.5 Å². The molecule has 0 radical (unpaired) electrons. The molecule has 6 aromatic rings. The van der Waals surface area contributed by atoms with Crippen LogP contribution in [-0.2, 0) is 40.5 Å². The highest BCUT2D eigenvalue weighted by Gasteiger charge is 2.27. The predicted molar refractivity (Wildman–Crippen MR) is 205 cm³/mol. The number of nitro groups is 1. The van der Waals surface area contributed by atoms with Crippen LogP contribution in [0.5, 0.6) is 5.75 Å². The molecule has 1 amide bonds. The second-order valence-corrected chi connectivity index (χ2v) is 17.7. The SMILES string of the molecule is O=C(Nc1cc(S(=O)(=O)O)cc2cc(S(=O)(=O)O)c(N=Nc3ccc(N=Nc4ccc([N+](=O)[O-])cc4)c4ccc(S(=O)(=O)O)cc34)c(O)c12)c1cccc(S(=O)(=O)O)c1. The van der Waals surface area contributed by atoms with Gasteiger partial charge in [-0.05, 0) is 78.2 Å². The van der Waals surface area contributed by atoms with Gasteiger partial charge in [-0.25, -0.2) is 0 Å². The molecule has 0 unspecified atom stereocenters. The van der Waals surface area contributed by atoms with Gasteiger partial charge in [0.25, 0.3) is 52.1 Å². The van der Waals surface area contributed by atoms with E-state index in [2.05, 4.69) is 25.8 Å². The Bertz CT molecular complexity index is 3300. The number of fused-ring (bicyclic) bond motifs is 2. The monoisotopic (exact) mass is 886 g/mol. The fourth-order valence-corrected chi connectivity index (χ4v) is 7.71. The Kier molecular flexibility index (Phi) is 10.9. The van der Waals surface area contributed by atoms with Crippen LogP contribution in [0.3, 0.4) is 0 Å². The van der Waals surface area contributed by atoms with Crippen molar-refractivity contribution >= 4 is 102 Å². The molecule has 0 heterocycles. The number of nitrogens with zero attached hydrogens (tertiary/aromatic N) is 5. The van der Waals surface area contributed by atoms with Crippen LogP contribution in [0.1, 0.15) is 10.4 Å². The maximum absolute atomic E-state index is 13.3. The van der Waals surface area contributed by atoms with Crippen LogP contribution < -0.4 is 5.32 Å². The van der Waals surface area contributed by atoms with Crippen molar-refractivity contribution < 1.29 is 66.7 Å². The van der Waals surface area contributed by atoms with E-state index in [1.807, 2.05) is 0 Å². The van der Waals surface area contributed by atoms with Crippen molar-refractivity contribution in [1.82, 2.24) is 0 Å². The summed E-state index contributed by atoms with van der Waals surface area (Å²) in [4.78, 5) is 20.2. The molecule has 0 atom stereocenters. The van der Waals surface area contributed by atoms with Crippen molar-refractivity contribution in [3.8, 4) is 5.75 Å².